The van der Waals surface area contributed by atoms with Crippen molar-refractivity contribution in [2.24, 2.45) is 0 Å². The van der Waals surface area contributed by atoms with Gasteiger partial charge in [-0.05, 0) is 42.0 Å². The van der Waals surface area contributed by atoms with Gasteiger partial charge in [-0.1, -0.05) is 12.1 Å². The summed E-state index contributed by atoms with van der Waals surface area (Å²) in [5.74, 6) is -1.02. The maximum Gasteiger partial charge on any atom is 0.132 e. The molecular weight excluding hydrogens is 308 g/mol. The summed E-state index contributed by atoms with van der Waals surface area (Å²) >= 11 is 0. The Morgan fingerprint density at radius 3 is 2.67 bits per heavy atom. The maximum absolute atomic E-state index is 14.2. The molecule has 116 valence electrons. The summed E-state index contributed by atoms with van der Waals surface area (Å²) in [6, 6.07) is 12.6. The number of aromatic nitrogens is 3. The van der Waals surface area contributed by atoms with E-state index in [0.717, 1.165) is 34.7 Å². The molecule has 4 rings (SSSR count). The van der Waals surface area contributed by atoms with E-state index >= 15 is 0 Å². The average Bonchev–Trinajstić information content (AvgIpc) is 2.63. The van der Waals surface area contributed by atoms with Gasteiger partial charge in [0.2, 0.25) is 0 Å². The van der Waals surface area contributed by atoms with E-state index in [1.165, 1.54) is 6.33 Å². The lowest BCUT2D eigenvalue weighted by molar-refractivity contribution is 0.602. The molecule has 0 N–H and O–H groups in total. The van der Waals surface area contributed by atoms with Gasteiger partial charge in [0.1, 0.15) is 18.0 Å². The van der Waals surface area contributed by atoms with Gasteiger partial charge in [0.05, 0.1) is 11.2 Å². The predicted molar refractivity (Wildman–Crippen MR) is 88.1 cm³/mol. The standard InChI is InChI=1S/C19H11F2N3/c20-14-4-5-17(21)16(9-14)19-15(2-1-7-23-19)12-3-6-18-13(8-12)10-22-11-24-18/h1-11H. The van der Waals surface area contributed by atoms with Crippen molar-refractivity contribution in [3.8, 4) is 22.4 Å². The van der Waals surface area contributed by atoms with Crippen molar-refractivity contribution in [1.29, 1.82) is 0 Å². The number of pyridine rings is 1. The Bertz CT molecular complexity index is 1050. The van der Waals surface area contributed by atoms with E-state index in [1.54, 1.807) is 18.5 Å². The van der Waals surface area contributed by atoms with Crippen molar-refractivity contribution in [2.45, 2.75) is 0 Å². The Morgan fingerprint density at radius 2 is 1.75 bits per heavy atom. The van der Waals surface area contributed by atoms with Crippen LogP contribution in [0.5, 0.6) is 0 Å². The van der Waals surface area contributed by atoms with Gasteiger partial charge in [0.25, 0.3) is 0 Å². The quantitative estimate of drug-likeness (QED) is 0.540. The zero-order valence-electron chi connectivity index (χ0n) is 12.4. The van der Waals surface area contributed by atoms with Crippen LogP contribution in [0.3, 0.4) is 0 Å². The molecule has 0 amide bonds. The van der Waals surface area contributed by atoms with E-state index in [1.807, 2.05) is 24.3 Å². The number of hydrogen-bond donors (Lipinski definition) is 0. The van der Waals surface area contributed by atoms with E-state index in [2.05, 4.69) is 15.0 Å². The highest BCUT2D eigenvalue weighted by molar-refractivity contribution is 5.88. The van der Waals surface area contributed by atoms with E-state index in [9.17, 15) is 8.78 Å². The molecule has 0 aliphatic carbocycles. The van der Waals surface area contributed by atoms with E-state index in [4.69, 9.17) is 0 Å². The normalized spacial score (nSPS) is 10.9. The fourth-order valence-corrected chi connectivity index (χ4v) is 2.68. The lowest BCUT2D eigenvalue weighted by Crippen LogP contribution is -1.93. The number of rotatable bonds is 2. The third kappa shape index (κ3) is 2.50. The monoisotopic (exact) mass is 319 g/mol. The summed E-state index contributed by atoms with van der Waals surface area (Å²) < 4.78 is 27.7. The third-order valence-electron chi connectivity index (χ3n) is 3.81. The van der Waals surface area contributed by atoms with Crippen molar-refractivity contribution >= 4 is 10.9 Å². The SMILES string of the molecule is Fc1ccc(F)c(-c2ncccc2-c2ccc3ncncc3c2)c1. The fourth-order valence-electron chi connectivity index (χ4n) is 2.68. The van der Waals surface area contributed by atoms with Gasteiger partial charge in [-0.15, -0.1) is 0 Å². The molecule has 4 aromatic rings. The first-order valence-electron chi connectivity index (χ1n) is 7.33. The molecular formula is C19H11F2N3. The summed E-state index contributed by atoms with van der Waals surface area (Å²) in [6.07, 6.45) is 4.76. The molecule has 3 nitrogen and oxygen atoms in total. The first-order valence-corrected chi connectivity index (χ1v) is 7.33. The van der Waals surface area contributed by atoms with Gasteiger partial charge < -0.3 is 0 Å². The van der Waals surface area contributed by atoms with Gasteiger partial charge in [-0.3, -0.25) is 4.98 Å². The first kappa shape index (κ1) is 14.4. The minimum absolute atomic E-state index is 0.134. The zero-order chi connectivity index (χ0) is 16.5. The first-order chi connectivity index (χ1) is 11.7. The molecule has 0 saturated heterocycles. The molecule has 2 heterocycles. The van der Waals surface area contributed by atoms with Crippen LogP contribution in [-0.4, -0.2) is 15.0 Å². The van der Waals surface area contributed by atoms with Crippen molar-refractivity contribution < 1.29 is 8.78 Å². The molecule has 2 aromatic heterocycles. The Balaban J connectivity index is 1.94. The smallest absolute Gasteiger partial charge is 0.132 e. The van der Waals surface area contributed by atoms with Crippen LogP contribution in [0.2, 0.25) is 0 Å². The third-order valence-corrected chi connectivity index (χ3v) is 3.81. The predicted octanol–water partition coefficient (Wildman–Crippen LogP) is 4.64. The summed E-state index contributed by atoms with van der Waals surface area (Å²) in [6.45, 7) is 0. The molecule has 0 saturated carbocycles. The van der Waals surface area contributed by atoms with Crippen LogP contribution in [-0.2, 0) is 0 Å². The molecule has 0 atom stereocenters. The second kappa shape index (κ2) is 5.77. The van der Waals surface area contributed by atoms with Gasteiger partial charge in [0.15, 0.2) is 0 Å². The van der Waals surface area contributed by atoms with Gasteiger partial charge >= 0.3 is 0 Å². The molecule has 5 heteroatoms. The van der Waals surface area contributed by atoms with Crippen LogP contribution in [0, 0.1) is 11.6 Å². The van der Waals surface area contributed by atoms with Crippen LogP contribution >= 0.6 is 0 Å². The van der Waals surface area contributed by atoms with Gasteiger partial charge in [-0.25, -0.2) is 18.7 Å². The molecule has 2 aromatic carbocycles. The van der Waals surface area contributed by atoms with E-state index in [0.29, 0.717) is 11.3 Å². The number of benzene rings is 2. The molecule has 0 fully saturated rings. The minimum Gasteiger partial charge on any atom is -0.255 e. The second-order valence-corrected chi connectivity index (χ2v) is 5.32. The van der Waals surface area contributed by atoms with Crippen LogP contribution < -0.4 is 0 Å². The molecule has 0 aliphatic rings. The Labute approximate surface area is 136 Å². The van der Waals surface area contributed by atoms with E-state index < -0.39 is 11.6 Å². The number of halogens is 2. The summed E-state index contributed by atoms with van der Waals surface area (Å²) in [4.78, 5) is 12.5. The largest absolute Gasteiger partial charge is 0.255 e. The average molecular weight is 319 g/mol. The van der Waals surface area contributed by atoms with E-state index in [-0.39, 0.29) is 5.56 Å². The fraction of sp³-hybridized carbons (Fsp3) is 0. The van der Waals surface area contributed by atoms with Crippen LogP contribution in [0.15, 0.2) is 67.3 Å². The Hall–Kier alpha value is -3.21. The minimum atomic E-state index is -0.513. The summed E-state index contributed by atoms with van der Waals surface area (Å²) in [5.41, 5.74) is 2.90. The van der Waals surface area contributed by atoms with Gasteiger partial charge in [0, 0.05) is 28.9 Å². The van der Waals surface area contributed by atoms with Crippen molar-refractivity contribution in [3.05, 3.63) is 78.9 Å². The highest BCUT2D eigenvalue weighted by Crippen LogP contribution is 2.33. The second-order valence-electron chi connectivity index (χ2n) is 5.32. The lowest BCUT2D eigenvalue weighted by atomic mass is 9.98. The summed E-state index contributed by atoms with van der Waals surface area (Å²) in [7, 11) is 0. The lowest BCUT2D eigenvalue weighted by Gasteiger charge is -2.10. The maximum atomic E-state index is 14.2. The topological polar surface area (TPSA) is 38.7 Å². The highest BCUT2D eigenvalue weighted by Gasteiger charge is 2.14. The van der Waals surface area contributed by atoms with Crippen LogP contribution in [0.1, 0.15) is 0 Å². The number of fused-ring (bicyclic) bond motifs is 1. The molecule has 0 spiro atoms. The molecule has 0 unspecified atom stereocenters. The molecule has 0 aliphatic heterocycles. The van der Waals surface area contributed by atoms with Crippen molar-refractivity contribution in [2.75, 3.05) is 0 Å². The molecule has 0 bridgehead atoms. The van der Waals surface area contributed by atoms with Crippen molar-refractivity contribution in [1.82, 2.24) is 15.0 Å². The van der Waals surface area contributed by atoms with Crippen molar-refractivity contribution in [3.63, 3.8) is 0 Å². The Kier molecular flexibility index (Phi) is 3.46. The number of hydrogen-bond acceptors (Lipinski definition) is 3. The zero-order valence-corrected chi connectivity index (χ0v) is 12.4. The highest BCUT2D eigenvalue weighted by atomic mass is 19.1. The molecule has 0 radical (unpaired) electrons. The van der Waals surface area contributed by atoms with Gasteiger partial charge in [-0.2, -0.15) is 0 Å². The number of nitrogens with zero attached hydrogens (tertiary/aromatic N) is 3. The Morgan fingerprint density at radius 1 is 0.833 bits per heavy atom. The van der Waals surface area contributed by atoms with Crippen LogP contribution in [0.4, 0.5) is 8.78 Å². The summed E-state index contributed by atoms with van der Waals surface area (Å²) in [5, 5.41) is 0.865. The molecule has 24 heavy (non-hydrogen) atoms. The van der Waals surface area contributed by atoms with Crippen LogP contribution in [0.25, 0.3) is 33.3 Å².